The highest BCUT2D eigenvalue weighted by molar-refractivity contribution is 5.78. The zero-order valence-electron chi connectivity index (χ0n) is 9.52. The van der Waals surface area contributed by atoms with E-state index in [1.54, 1.807) is 0 Å². The summed E-state index contributed by atoms with van der Waals surface area (Å²) in [5.74, 6) is 0.261. The number of hydrogen-bond donors (Lipinski definition) is 2. The van der Waals surface area contributed by atoms with Crippen LogP contribution in [0.4, 0.5) is 0 Å². The Morgan fingerprint density at radius 1 is 1.50 bits per heavy atom. The van der Waals surface area contributed by atoms with Gasteiger partial charge in [0.1, 0.15) is 0 Å². The molecule has 1 atom stereocenters. The lowest BCUT2D eigenvalue weighted by Crippen LogP contribution is -2.37. The van der Waals surface area contributed by atoms with Crippen LogP contribution in [0.5, 0.6) is 0 Å². The Morgan fingerprint density at radius 3 is 2.64 bits per heavy atom. The Morgan fingerprint density at radius 2 is 2.14 bits per heavy atom. The molecular weight excluding hydrogens is 176 g/mol. The number of rotatable bonds is 6. The molecule has 0 aromatic rings. The van der Waals surface area contributed by atoms with Crippen LogP contribution >= 0.6 is 0 Å². The van der Waals surface area contributed by atoms with E-state index in [1.165, 1.54) is 12.8 Å². The molecule has 0 spiro atoms. The van der Waals surface area contributed by atoms with Crippen molar-refractivity contribution in [1.82, 2.24) is 10.6 Å². The van der Waals surface area contributed by atoms with E-state index in [1.807, 2.05) is 6.92 Å². The zero-order chi connectivity index (χ0) is 10.6. The van der Waals surface area contributed by atoms with Crippen LogP contribution in [0, 0.1) is 11.3 Å². The molecule has 0 saturated heterocycles. The first kappa shape index (κ1) is 11.5. The number of carbonyl (C=O) groups is 1. The molecular formula is C11H22N2O. The Labute approximate surface area is 86.6 Å². The molecule has 1 amide bonds. The summed E-state index contributed by atoms with van der Waals surface area (Å²) in [6.07, 6.45) is 2.52. The topological polar surface area (TPSA) is 41.1 Å². The summed E-state index contributed by atoms with van der Waals surface area (Å²) in [6.45, 7) is 8.79. The third kappa shape index (κ3) is 3.66. The van der Waals surface area contributed by atoms with Gasteiger partial charge < -0.3 is 10.6 Å². The molecule has 0 heterocycles. The van der Waals surface area contributed by atoms with E-state index in [-0.39, 0.29) is 11.8 Å². The van der Waals surface area contributed by atoms with E-state index < -0.39 is 0 Å². The maximum atomic E-state index is 11.6. The fraction of sp³-hybridized carbons (Fsp3) is 0.909. The van der Waals surface area contributed by atoms with Crippen LogP contribution in [-0.4, -0.2) is 25.5 Å². The van der Waals surface area contributed by atoms with Gasteiger partial charge in [-0.25, -0.2) is 0 Å². The summed E-state index contributed by atoms with van der Waals surface area (Å²) < 4.78 is 0. The lowest BCUT2D eigenvalue weighted by Gasteiger charge is -2.14. The van der Waals surface area contributed by atoms with Crippen molar-refractivity contribution in [2.45, 2.75) is 33.6 Å². The third-order valence-electron chi connectivity index (χ3n) is 2.94. The molecule has 82 valence electrons. The maximum absolute atomic E-state index is 11.6. The molecule has 0 aromatic heterocycles. The molecule has 1 saturated carbocycles. The van der Waals surface area contributed by atoms with Gasteiger partial charge in [-0.05, 0) is 24.8 Å². The molecule has 0 radical (unpaired) electrons. The number of hydrogen-bond acceptors (Lipinski definition) is 2. The van der Waals surface area contributed by atoms with Crippen LogP contribution < -0.4 is 10.6 Å². The fourth-order valence-corrected chi connectivity index (χ4v) is 1.32. The van der Waals surface area contributed by atoms with Gasteiger partial charge in [-0.2, -0.15) is 0 Å². The van der Waals surface area contributed by atoms with Crippen LogP contribution in [0.15, 0.2) is 0 Å². The van der Waals surface area contributed by atoms with Crippen LogP contribution in [0.1, 0.15) is 33.6 Å². The van der Waals surface area contributed by atoms with Crippen LogP contribution in [-0.2, 0) is 4.79 Å². The van der Waals surface area contributed by atoms with Crippen molar-refractivity contribution in [3.63, 3.8) is 0 Å². The van der Waals surface area contributed by atoms with Crippen LogP contribution in [0.25, 0.3) is 0 Å². The van der Waals surface area contributed by atoms with E-state index in [0.29, 0.717) is 5.41 Å². The summed E-state index contributed by atoms with van der Waals surface area (Å²) in [5.41, 5.74) is 0.410. The summed E-state index contributed by atoms with van der Waals surface area (Å²) in [5, 5.41) is 6.20. The number of carbonyl (C=O) groups excluding carboxylic acids is 1. The van der Waals surface area contributed by atoms with Crippen molar-refractivity contribution in [3.8, 4) is 0 Å². The molecule has 1 aliphatic rings. The SMILES string of the molecule is CCNCC(C)C(=O)NCC1(C)CC1. The minimum absolute atomic E-state index is 0.0808. The molecule has 3 heteroatoms. The van der Waals surface area contributed by atoms with Gasteiger partial charge in [-0.1, -0.05) is 20.8 Å². The minimum Gasteiger partial charge on any atom is -0.355 e. The molecule has 1 aliphatic carbocycles. The molecule has 14 heavy (non-hydrogen) atoms. The second kappa shape index (κ2) is 4.78. The third-order valence-corrected chi connectivity index (χ3v) is 2.94. The molecule has 0 aromatic carbocycles. The van der Waals surface area contributed by atoms with Gasteiger partial charge in [0.25, 0.3) is 0 Å². The van der Waals surface area contributed by atoms with Gasteiger partial charge in [0.05, 0.1) is 0 Å². The van der Waals surface area contributed by atoms with E-state index in [2.05, 4.69) is 24.5 Å². The predicted molar refractivity (Wildman–Crippen MR) is 58.1 cm³/mol. The summed E-state index contributed by atoms with van der Waals surface area (Å²) in [6, 6.07) is 0. The lowest BCUT2D eigenvalue weighted by atomic mass is 10.1. The average Bonchev–Trinajstić information content (AvgIpc) is 2.90. The first-order valence-corrected chi connectivity index (χ1v) is 5.56. The Kier molecular flexibility index (Phi) is 3.93. The Hall–Kier alpha value is -0.570. The van der Waals surface area contributed by atoms with E-state index >= 15 is 0 Å². The maximum Gasteiger partial charge on any atom is 0.224 e. The Bertz CT molecular complexity index is 199. The van der Waals surface area contributed by atoms with Crippen molar-refractivity contribution < 1.29 is 4.79 Å². The number of nitrogens with one attached hydrogen (secondary N) is 2. The lowest BCUT2D eigenvalue weighted by molar-refractivity contribution is -0.124. The quantitative estimate of drug-likeness (QED) is 0.672. The van der Waals surface area contributed by atoms with Crippen molar-refractivity contribution in [3.05, 3.63) is 0 Å². The highest BCUT2D eigenvalue weighted by Gasteiger charge is 2.37. The van der Waals surface area contributed by atoms with Crippen molar-refractivity contribution >= 4 is 5.91 Å². The average molecular weight is 198 g/mol. The summed E-state index contributed by atoms with van der Waals surface area (Å²) >= 11 is 0. The molecule has 1 unspecified atom stereocenters. The zero-order valence-corrected chi connectivity index (χ0v) is 9.52. The van der Waals surface area contributed by atoms with E-state index in [0.717, 1.165) is 19.6 Å². The molecule has 1 rings (SSSR count). The Balaban J connectivity index is 2.13. The summed E-state index contributed by atoms with van der Waals surface area (Å²) in [4.78, 5) is 11.6. The van der Waals surface area contributed by atoms with Crippen molar-refractivity contribution in [2.75, 3.05) is 19.6 Å². The number of amides is 1. The van der Waals surface area contributed by atoms with Crippen LogP contribution in [0.3, 0.4) is 0 Å². The molecule has 2 N–H and O–H groups in total. The molecule has 3 nitrogen and oxygen atoms in total. The van der Waals surface area contributed by atoms with E-state index in [4.69, 9.17) is 0 Å². The van der Waals surface area contributed by atoms with Gasteiger partial charge in [0.2, 0.25) is 5.91 Å². The highest BCUT2D eigenvalue weighted by atomic mass is 16.1. The van der Waals surface area contributed by atoms with Crippen LogP contribution in [0.2, 0.25) is 0 Å². The molecule has 1 fully saturated rings. The monoisotopic (exact) mass is 198 g/mol. The second-order valence-corrected chi connectivity index (χ2v) is 4.74. The molecule has 0 aliphatic heterocycles. The summed E-state index contributed by atoms with van der Waals surface area (Å²) in [7, 11) is 0. The minimum atomic E-state index is 0.0808. The normalized spacial score (nSPS) is 20.2. The van der Waals surface area contributed by atoms with Gasteiger partial charge >= 0.3 is 0 Å². The highest BCUT2D eigenvalue weighted by Crippen LogP contribution is 2.44. The first-order chi connectivity index (χ1) is 6.57. The van der Waals surface area contributed by atoms with Gasteiger partial charge in [-0.15, -0.1) is 0 Å². The van der Waals surface area contributed by atoms with Gasteiger partial charge in [0.15, 0.2) is 0 Å². The standard InChI is InChI=1S/C11H22N2O/c1-4-12-7-9(2)10(14)13-8-11(3)5-6-11/h9,12H,4-8H2,1-3H3,(H,13,14). The van der Waals surface area contributed by atoms with E-state index in [9.17, 15) is 4.79 Å². The first-order valence-electron chi connectivity index (χ1n) is 5.56. The van der Waals surface area contributed by atoms with Gasteiger partial charge in [-0.3, -0.25) is 4.79 Å². The fourth-order valence-electron chi connectivity index (χ4n) is 1.32. The van der Waals surface area contributed by atoms with Gasteiger partial charge in [0, 0.05) is 19.0 Å². The predicted octanol–water partition coefficient (Wildman–Crippen LogP) is 1.15. The smallest absolute Gasteiger partial charge is 0.224 e. The second-order valence-electron chi connectivity index (χ2n) is 4.74. The molecule has 0 bridgehead atoms. The largest absolute Gasteiger partial charge is 0.355 e. The van der Waals surface area contributed by atoms with Crippen molar-refractivity contribution in [2.24, 2.45) is 11.3 Å². The van der Waals surface area contributed by atoms with Crippen molar-refractivity contribution in [1.29, 1.82) is 0 Å².